The Bertz CT molecular complexity index is 276. The maximum Gasteiger partial charge on any atom is 0.324 e. The molecule has 2 aliphatic rings. The van der Waals surface area contributed by atoms with Gasteiger partial charge in [-0.2, -0.15) is 0 Å². The van der Waals surface area contributed by atoms with E-state index >= 15 is 0 Å². The van der Waals surface area contributed by atoms with Crippen molar-refractivity contribution in [1.82, 2.24) is 5.32 Å². The maximum absolute atomic E-state index is 12.0. The van der Waals surface area contributed by atoms with Gasteiger partial charge in [-0.25, -0.2) is 0 Å². The van der Waals surface area contributed by atoms with Gasteiger partial charge in [0.15, 0.2) is 0 Å². The first-order valence-electron chi connectivity index (χ1n) is 5.97. The second kappa shape index (κ2) is 4.00. The van der Waals surface area contributed by atoms with E-state index in [1.807, 2.05) is 20.8 Å². The van der Waals surface area contributed by atoms with Crippen molar-refractivity contribution in [2.75, 3.05) is 19.8 Å². The summed E-state index contributed by atoms with van der Waals surface area (Å²) in [5.41, 5.74) is -0.304. The topological polar surface area (TPSA) is 47.6 Å². The van der Waals surface area contributed by atoms with Crippen molar-refractivity contribution in [2.24, 2.45) is 5.41 Å². The third-order valence-corrected chi connectivity index (χ3v) is 3.40. The standard InChI is InChI=1S/C12H21NO3/c1-11(2,3)16-10(14)9-12(8-13-9)4-6-15-7-5-12/h9,13H,4-8H2,1-3H3. The number of rotatable bonds is 1. The zero-order chi connectivity index (χ0) is 11.8. The van der Waals surface area contributed by atoms with Gasteiger partial charge in [0.05, 0.1) is 0 Å². The number of carbonyl (C=O) groups excluding carboxylic acids is 1. The number of hydrogen-bond donors (Lipinski definition) is 1. The molecule has 0 aliphatic carbocycles. The lowest BCUT2D eigenvalue weighted by atomic mass is 9.68. The molecule has 0 saturated carbocycles. The zero-order valence-corrected chi connectivity index (χ0v) is 10.3. The Morgan fingerprint density at radius 3 is 2.44 bits per heavy atom. The van der Waals surface area contributed by atoms with Gasteiger partial charge < -0.3 is 14.8 Å². The Hall–Kier alpha value is -0.610. The van der Waals surface area contributed by atoms with Crippen LogP contribution >= 0.6 is 0 Å². The first kappa shape index (κ1) is 11.9. The van der Waals surface area contributed by atoms with Gasteiger partial charge in [-0.15, -0.1) is 0 Å². The molecular formula is C12H21NO3. The highest BCUT2D eigenvalue weighted by molar-refractivity contribution is 5.78. The van der Waals surface area contributed by atoms with Crippen LogP contribution in [0.15, 0.2) is 0 Å². The fourth-order valence-electron chi connectivity index (χ4n) is 2.43. The van der Waals surface area contributed by atoms with Crippen LogP contribution in [0.4, 0.5) is 0 Å². The van der Waals surface area contributed by atoms with Crippen molar-refractivity contribution in [3.8, 4) is 0 Å². The van der Waals surface area contributed by atoms with E-state index in [-0.39, 0.29) is 17.4 Å². The highest BCUT2D eigenvalue weighted by Crippen LogP contribution is 2.40. The summed E-state index contributed by atoms with van der Waals surface area (Å²) >= 11 is 0. The lowest BCUT2D eigenvalue weighted by Gasteiger charge is -2.51. The minimum Gasteiger partial charge on any atom is -0.459 e. The fourth-order valence-corrected chi connectivity index (χ4v) is 2.43. The smallest absolute Gasteiger partial charge is 0.324 e. The number of carbonyl (C=O) groups is 1. The van der Waals surface area contributed by atoms with Crippen LogP contribution < -0.4 is 5.32 Å². The molecular weight excluding hydrogens is 206 g/mol. The number of esters is 1. The largest absolute Gasteiger partial charge is 0.459 e. The third kappa shape index (κ3) is 2.23. The first-order chi connectivity index (χ1) is 7.43. The monoisotopic (exact) mass is 227 g/mol. The quantitative estimate of drug-likeness (QED) is 0.681. The Kier molecular flexibility index (Phi) is 2.97. The number of hydrogen-bond acceptors (Lipinski definition) is 4. The van der Waals surface area contributed by atoms with E-state index in [2.05, 4.69) is 5.32 Å². The molecule has 1 N–H and O–H groups in total. The molecule has 2 aliphatic heterocycles. The molecule has 1 atom stereocenters. The molecule has 0 aromatic carbocycles. The SMILES string of the molecule is CC(C)(C)OC(=O)C1NCC12CCOCC2. The molecule has 2 saturated heterocycles. The van der Waals surface area contributed by atoms with Gasteiger partial charge in [-0.3, -0.25) is 4.79 Å². The molecule has 1 unspecified atom stereocenters. The average Bonchev–Trinajstić information content (AvgIpc) is 2.14. The van der Waals surface area contributed by atoms with E-state index in [0.29, 0.717) is 0 Å². The van der Waals surface area contributed by atoms with Crippen LogP contribution in [0.2, 0.25) is 0 Å². The Labute approximate surface area is 96.7 Å². The molecule has 0 aromatic rings. The van der Waals surface area contributed by atoms with Crippen LogP contribution in [0, 0.1) is 5.41 Å². The molecule has 2 rings (SSSR count). The maximum atomic E-state index is 12.0. The van der Waals surface area contributed by atoms with Gasteiger partial charge in [-0.05, 0) is 33.6 Å². The number of nitrogens with one attached hydrogen (secondary N) is 1. The van der Waals surface area contributed by atoms with Crippen LogP contribution in [-0.2, 0) is 14.3 Å². The highest BCUT2D eigenvalue weighted by atomic mass is 16.6. The fraction of sp³-hybridized carbons (Fsp3) is 0.917. The normalized spacial score (nSPS) is 28.6. The van der Waals surface area contributed by atoms with Crippen LogP contribution in [0.3, 0.4) is 0 Å². The minimum absolute atomic E-state index is 0.0978. The molecule has 0 aromatic heterocycles. The van der Waals surface area contributed by atoms with Crippen molar-refractivity contribution in [3.05, 3.63) is 0 Å². The van der Waals surface area contributed by atoms with Gasteiger partial charge >= 0.3 is 5.97 Å². The average molecular weight is 227 g/mol. The Balaban J connectivity index is 1.97. The summed E-state index contributed by atoms with van der Waals surface area (Å²) in [7, 11) is 0. The van der Waals surface area contributed by atoms with Crippen molar-refractivity contribution in [2.45, 2.75) is 45.3 Å². The summed E-state index contributed by atoms with van der Waals surface area (Å²) < 4.78 is 10.8. The van der Waals surface area contributed by atoms with Crippen LogP contribution in [0.1, 0.15) is 33.6 Å². The second-order valence-corrected chi connectivity index (χ2v) is 5.82. The van der Waals surface area contributed by atoms with Crippen LogP contribution in [-0.4, -0.2) is 37.4 Å². The molecule has 0 amide bonds. The van der Waals surface area contributed by atoms with Crippen LogP contribution in [0.5, 0.6) is 0 Å². The molecule has 0 radical (unpaired) electrons. The number of ether oxygens (including phenoxy) is 2. The van der Waals surface area contributed by atoms with Crippen molar-refractivity contribution >= 4 is 5.97 Å². The van der Waals surface area contributed by atoms with E-state index in [1.54, 1.807) is 0 Å². The van der Waals surface area contributed by atoms with E-state index < -0.39 is 5.60 Å². The summed E-state index contributed by atoms with van der Waals surface area (Å²) in [6.45, 7) is 8.16. The highest BCUT2D eigenvalue weighted by Gasteiger charge is 2.52. The Morgan fingerprint density at radius 1 is 1.38 bits per heavy atom. The molecule has 2 fully saturated rings. The molecule has 0 bridgehead atoms. The second-order valence-electron chi connectivity index (χ2n) is 5.82. The molecule has 16 heavy (non-hydrogen) atoms. The van der Waals surface area contributed by atoms with E-state index in [4.69, 9.17) is 9.47 Å². The lowest BCUT2D eigenvalue weighted by Crippen LogP contribution is -2.68. The van der Waals surface area contributed by atoms with Crippen LogP contribution in [0.25, 0.3) is 0 Å². The van der Waals surface area contributed by atoms with Gasteiger partial charge in [-0.1, -0.05) is 0 Å². The predicted octanol–water partition coefficient (Wildman–Crippen LogP) is 1.10. The predicted molar refractivity (Wildman–Crippen MR) is 60.1 cm³/mol. The van der Waals surface area contributed by atoms with E-state index in [9.17, 15) is 4.79 Å². The summed E-state index contributed by atoms with van der Waals surface area (Å²) in [6.07, 6.45) is 1.92. The molecule has 92 valence electrons. The van der Waals surface area contributed by atoms with Crippen molar-refractivity contribution in [3.63, 3.8) is 0 Å². The zero-order valence-electron chi connectivity index (χ0n) is 10.3. The Morgan fingerprint density at radius 2 is 2.00 bits per heavy atom. The molecule has 4 nitrogen and oxygen atoms in total. The molecule has 2 heterocycles. The first-order valence-corrected chi connectivity index (χ1v) is 5.97. The lowest BCUT2D eigenvalue weighted by molar-refractivity contribution is -0.170. The van der Waals surface area contributed by atoms with Gasteiger partial charge in [0, 0.05) is 25.2 Å². The molecule has 4 heteroatoms. The van der Waals surface area contributed by atoms with Crippen molar-refractivity contribution < 1.29 is 14.3 Å². The van der Waals surface area contributed by atoms with E-state index in [0.717, 1.165) is 32.6 Å². The summed E-state index contributed by atoms with van der Waals surface area (Å²) in [5, 5.41) is 3.20. The van der Waals surface area contributed by atoms with Gasteiger partial charge in [0.25, 0.3) is 0 Å². The van der Waals surface area contributed by atoms with E-state index in [1.165, 1.54) is 0 Å². The summed E-state index contributed by atoms with van der Waals surface area (Å²) in [6, 6.07) is -0.129. The third-order valence-electron chi connectivity index (χ3n) is 3.40. The van der Waals surface area contributed by atoms with Gasteiger partial charge in [0.2, 0.25) is 0 Å². The summed E-state index contributed by atoms with van der Waals surface area (Å²) in [4.78, 5) is 12.0. The van der Waals surface area contributed by atoms with Gasteiger partial charge in [0.1, 0.15) is 11.6 Å². The minimum atomic E-state index is -0.402. The molecule has 1 spiro atoms. The van der Waals surface area contributed by atoms with Crippen molar-refractivity contribution in [1.29, 1.82) is 0 Å². The summed E-state index contributed by atoms with van der Waals surface area (Å²) in [5.74, 6) is -0.111.